The van der Waals surface area contributed by atoms with E-state index in [-0.39, 0.29) is 12.5 Å². The van der Waals surface area contributed by atoms with Gasteiger partial charge in [-0.05, 0) is 24.2 Å². The fraction of sp³-hybridized carbons (Fsp3) is 0.471. The third-order valence-corrected chi connectivity index (χ3v) is 5.29. The second kappa shape index (κ2) is 8.19. The van der Waals surface area contributed by atoms with Crippen molar-refractivity contribution in [1.29, 1.82) is 0 Å². The molecule has 0 aromatic heterocycles. The number of carboxylic acid groups (broad SMARTS) is 1. The van der Waals surface area contributed by atoms with Gasteiger partial charge in [0.15, 0.2) is 0 Å². The SMILES string of the molecule is CC(=O)N(CCc1ccccc1)CC(=O)NC1(C(=O)O)CCSC1. The number of amides is 2. The number of benzene rings is 1. The van der Waals surface area contributed by atoms with E-state index in [0.717, 1.165) is 5.56 Å². The molecule has 24 heavy (non-hydrogen) atoms. The van der Waals surface area contributed by atoms with Crippen molar-refractivity contribution in [2.75, 3.05) is 24.6 Å². The molecule has 1 saturated heterocycles. The molecule has 0 aliphatic carbocycles. The molecule has 7 heteroatoms. The summed E-state index contributed by atoms with van der Waals surface area (Å²) in [6.07, 6.45) is 1.05. The predicted molar refractivity (Wildman–Crippen MR) is 92.9 cm³/mol. The lowest BCUT2D eigenvalue weighted by molar-refractivity contribution is -0.147. The van der Waals surface area contributed by atoms with Crippen molar-refractivity contribution < 1.29 is 19.5 Å². The van der Waals surface area contributed by atoms with E-state index in [2.05, 4.69) is 5.32 Å². The molecule has 0 bridgehead atoms. The topological polar surface area (TPSA) is 86.7 Å². The van der Waals surface area contributed by atoms with Crippen LogP contribution < -0.4 is 5.32 Å². The monoisotopic (exact) mass is 350 g/mol. The van der Waals surface area contributed by atoms with Gasteiger partial charge in [0.2, 0.25) is 11.8 Å². The van der Waals surface area contributed by atoms with Crippen LogP contribution >= 0.6 is 11.8 Å². The average Bonchev–Trinajstić information content (AvgIpc) is 3.02. The van der Waals surface area contributed by atoms with Gasteiger partial charge < -0.3 is 15.3 Å². The Morgan fingerprint density at radius 1 is 1.29 bits per heavy atom. The Bertz CT molecular complexity index is 600. The van der Waals surface area contributed by atoms with Crippen molar-refractivity contribution in [1.82, 2.24) is 10.2 Å². The van der Waals surface area contributed by atoms with Crippen LogP contribution in [0.5, 0.6) is 0 Å². The van der Waals surface area contributed by atoms with Gasteiger partial charge in [0, 0.05) is 19.2 Å². The van der Waals surface area contributed by atoms with Crippen molar-refractivity contribution >= 4 is 29.5 Å². The zero-order valence-electron chi connectivity index (χ0n) is 13.7. The molecule has 6 nitrogen and oxygen atoms in total. The average molecular weight is 350 g/mol. The number of nitrogens with zero attached hydrogens (tertiary/aromatic N) is 1. The number of thioether (sulfide) groups is 1. The molecule has 1 aromatic rings. The van der Waals surface area contributed by atoms with Crippen molar-refractivity contribution in [3.05, 3.63) is 35.9 Å². The second-order valence-corrected chi connectivity index (χ2v) is 7.02. The maximum absolute atomic E-state index is 12.3. The number of carbonyl (C=O) groups excluding carboxylic acids is 2. The number of hydrogen-bond acceptors (Lipinski definition) is 4. The Labute approximate surface area is 145 Å². The van der Waals surface area contributed by atoms with E-state index >= 15 is 0 Å². The molecule has 1 aliphatic heterocycles. The highest BCUT2D eigenvalue weighted by Crippen LogP contribution is 2.28. The quantitative estimate of drug-likeness (QED) is 0.770. The maximum atomic E-state index is 12.3. The van der Waals surface area contributed by atoms with Crippen LogP contribution in [0, 0.1) is 0 Å². The highest BCUT2D eigenvalue weighted by atomic mass is 32.2. The van der Waals surface area contributed by atoms with Crippen LogP contribution in [0.1, 0.15) is 18.9 Å². The standard InChI is InChI=1S/C17H22N2O4S/c1-13(20)19(9-7-14-5-3-2-4-6-14)11-15(21)18-17(16(22)23)8-10-24-12-17/h2-6H,7-12H2,1H3,(H,18,21)(H,22,23). The van der Waals surface area contributed by atoms with Crippen LogP contribution in [0.15, 0.2) is 30.3 Å². The minimum absolute atomic E-state index is 0.123. The molecular formula is C17H22N2O4S. The van der Waals surface area contributed by atoms with Gasteiger partial charge in [-0.2, -0.15) is 11.8 Å². The number of nitrogens with one attached hydrogen (secondary N) is 1. The van der Waals surface area contributed by atoms with Crippen LogP contribution in [-0.2, 0) is 20.8 Å². The summed E-state index contributed by atoms with van der Waals surface area (Å²) in [6, 6.07) is 9.70. The molecular weight excluding hydrogens is 328 g/mol. The first-order chi connectivity index (χ1) is 11.4. The predicted octanol–water partition coefficient (Wildman–Crippen LogP) is 1.15. The molecule has 0 radical (unpaired) electrons. The summed E-state index contributed by atoms with van der Waals surface area (Å²) in [5, 5.41) is 12.0. The fourth-order valence-corrected chi connectivity index (χ4v) is 3.95. The Balaban J connectivity index is 1.93. The van der Waals surface area contributed by atoms with E-state index in [1.165, 1.54) is 23.6 Å². The molecule has 2 amide bonds. The van der Waals surface area contributed by atoms with Gasteiger partial charge in [-0.25, -0.2) is 4.79 Å². The maximum Gasteiger partial charge on any atom is 0.330 e. The van der Waals surface area contributed by atoms with E-state index < -0.39 is 17.4 Å². The first-order valence-corrected chi connectivity index (χ1v) is 9.00. The number of hydrogen-bond donors (Lipinski definition) is 2. The summed E-state index contributed by atoms with van der Waals surface area (Å²) >= 11 is 1.51. The lowest BCUT2D eigenvalue weighted by Crippen LogP contribution is -2.57. The summed E-state index contributed by atoms with van der Waals surface area (Å²) in [5.41, 5.74) is -0.123. The van der Waals surface area contributed by atoms with Crippen molar-refractivity contribution in [2.24, 2.45) is 0 Å². The molecule has 1 aromatic carbocycles. The van der Waals surface area contributed by atoms with E-state index in [1.807, 2.05) is 30.3 Å². The highest BCUT2D eigenvalue weighted by molar-refractivity contribution is 7.99. The molecule has 1 fully saturated rings. The Kier molecular flexibility index (Phi) is 6.25. The zero-order valence-corrected chi connectivity index (χ0v) is 14.5. The number of carbonyl (C=O) groups is 3. The highest BCUT2D eigenvalue weighted by Gasteiger charge is 2.43. The minimum Gasteiger partial charge on any atom is -0.479 e. The zero-order chi connectivity index (χ0) is 17.6. The summed E-state index contributed by atoms with van der Waals surface area (Å²) in [5.74, 6) is -0.580. The third kappa shape index (κ3) is 4.74. The summed E-state index contributed by atoms with van der Waals surface area (Å²) in [6.45, 7) is 1.71. The molecule has 0 saturated carbocycles. The molecule has 1 atom stereocenters. The van der Waals surface area contributed by atoms with Crippen LogP contribution in [0.3, 0.4) is 0 Å². The second-order valence-electron chi connectivity index (χ2n) is 5.91. The molecule has 0 spiro atoms. The summed E-state index contributed by atoms with van der Waals surface area (Å²) < 4.78 is 0. The first-order valence-electron chi connectivity index (χ1n) is 7.84. The van der Waals surface area contributed by atoms with Crippen LogP contribution in [0.4, 0.5) is 0 Å². The van der Waals surface area contributed by atoms with Gasteiger partial charge in [-0.3, -0.25) is 9.59 Å². The molecule has 130 valence electrons. The Morgan fingerprint density at radius 2 is 2.00 bits per heavy atom. The lowest BCUT2D eigenvalue weighted by atomic mass is 9.99. The molecule has 2 N–H and O–H groups in total. The number of aliphatic carboxylic acids is 1. The molecule has 1 aliphatic rings. The third-order valence-electron chi connectivity index (χ3n) is 4.10. The normalized spacial score (nSPS) is 19.7. The molecule has 2 rings (SSSR count). The number of carboxylic acids is 1. The van der Waals surface area contributed by atoms with Gasteiger partial charge in [-0.1, -0.05) is 30.3 Å². The van der Waals surface area contributed by atoms with E-state index in [0.29, 0.717) is 30.9 Å². The van der Waals surface area contributed by atoms with Crippen molar-refractivity contribution in [3.63, 3.8) is 0 Å². The Hall–Kier alpha value is -2.02. The smallest absolute Gasteiger partial charge is 0.330 e. The van der Waals surface area contributed by atoms with Crippen LogP contribution in [0.2, 0.25) is 0 Å². The largest absolute Gasteiger partial charge is 0.479 e. The van der Waals surface area contributed by atoms with Gasteiger partial charge in [-0.15, -0.1) is 0 Å². The van der Waals surface area contributed by atoms with E-state index in [1.54, 1.807) is 0 Å². The molecule has 1 unspecified atom stereocenters. The Morgan fingerprint density at radius 3 is 2.54 bits per heavy atom. The van der Waals surface area contributed by atoms with Gasteiger partial charge in [0.05, 0.1) is 6.54 Å². The van der Waals surface area contributed by atoms with Crippen molar-refractivity contribution in [3.8, 4) is 0 Å². The summed E-state index contributed by atoms with van der Waals surface area (Å²) in [4.78, 5) is 37.0. The van der Waals surface area contributed by atoms with Gasteiger partial charge in [0.1, 0.15) is 5.54 Å². The van der Waals surface area contributed by atoms with Crippen molar-refractivity contribution in [2.45, 2.75) is 25.3 Å². The molecule has 1 heterocycles. The van der Waals surface area contributed by atoms with Gasteiger partial charge >= 0.3 is 5.97 Å². The lowest BCUT2D eigenvalue weighted by Gasteiger charge is -2.27. The van der Waals surface area contributed by atoms with E-state index in [9.17, 15) is 19.5 Å². The van der Waals surface area contributed by atoms with Gasteiger partial charge in [0.25, 0.3) is 0 Å². The minimum atomic E-state index is -1.20. The fourth-order valence-electron chi connectivity index (χ4n) is 2.62. The first kappa shape index (κ1) is 18.3. The van der Waals surface area contributed by atoms with Crippen LogP contribution in [-0.4, -0.2) is 57.9 Å². The van der Waals surface area contributed by atoms with E-state index in [4.69, 9.17) is 0 Å². The number of rotatable bonds is 7. The van der Waals surface area contributed by atoms with Crippen LogP contribution in [0.25, 0.3) is 0 Å². The summed E-state index contributed by atoms with van der Waals surface area (Å²) in [7, 11) is 0.